The van der Waals surface area contributed by atoms with E-state index in [1.165, 1.54) is 0 Å². The summed E-state index contributed by atoms with van der Waals surface area (Å²) in [7, 11) is 0. The van der Waals surface area contributed by atoms with Crippen LogP contribution in [0.1, 0.15) is 12.5 Å². The van der Waals surface area contributed by atoms with Crippen LogP contribution in [0.3, 0.4) is 0 Å². The van der Waals surface area contributed by atoms with E-state index < -0.39 is 0 Å². The number of H-pyrrole nitrogens is 1. The SMILES string of the molecule is CC1Cn2c(=O)[nH]c3ccc(Cl)c(c32)CN1. The minimum atomic E-state index is -0.0610. The second-order valence-corrected chi connectivity index (χ2v) is 4.65. The molecular formula is C11H12ClN3O. The highest BCUT2D eigenvalue weighted by Crippen LogP contribution is 2.26. The Morgan fingerprint density at radius 2 is 2.31 bits per heavy atom. The molecule has 2 N–H and O–H groups in total. The Bertz CT molecular complexity index is 613. The topological polar surface area (TPSA) is 49.8 Å². The number of nitrogens with one attached hydrogen (secondary N) is 2. The van der Waals surface area contributed by atoms with Crippen molar-refractivity contribution in [2.45, 2.75) is 26.1 Å². The molecule has 0 bridgehead atoms. The Hall–Kier alpha value is -1.26. The molecule has 1 atom stereocenters. The van der Waals surface area contributed by atoms with E-state index in [2.05, 4.69) is 17.2 Å². The van der Waals surface area contributed by atoms with Crippen LogP contribution in [0, 0.1) is 0 Å². The normalized spacial score (nSPS) is 20.0. The zero-order chi connectivity index (χ0) is 11.3. The number of halogens is 1. The molecular weight excluding hydrogens is 226 g/mol. The molecule has 0 aliphatic carbocycles. The Morgan fingerprint density at radius 3 is 3.12 bits per heavy atom. The van der Waals surface area contributed by atoms with Crippen LogP contribution in [0.4, 0.5) is 0 Å². The minimum absolute atomic E-state index is 0.0610. The lowest BCUT2D eigenvalue weighted by molar-refractivity contribution is 0.491. The van der Waals surface area contributed by atoms with Crippen molar-refractivity contribution >= 4 is 22.6 Å². The Morgan fingerprint density at radius 1 is 1.50 bits per heavy atom. The van der Waals surface area contributed by atoms with Crippen molar-refractivity contribution in [3.05, 3.63) is 33.2 Å². The summed E-state index contributed by atoms with van der Waals surface area (Å²) in [5.41, 5.74) is 2.74. The summed E-state index contributed by atoms with van der Waals surface area (Å²) in [6.07, 6.45) is 0. The second kappa shape index (κ2) is 3.37. The van der Waals surface area contributed by atoms with Gasteiger partial charge in [0, 0.05) is 29.7 Å². The largest absolute Gasteiger partial charge is 0.326 e. The molecule has 0 fully saturated rings. The summed E-state index contributed by atoms with van der Waals surface area (Å²) < 4.78 is 1.77. The molecule has 4 nitrogen and oxygen atoms in total. The van der Waals surface area contributed by atoms with Gasteiger partial charge in [-0.05, 0) is 19.1 Å². The lowest BCUT2D eigenvalue weighted by atomic mass is 10.2. The van der Waals surface area contributed by atoms with Gasteiger partial charge in [-0.15, -0.1) is 0 Å². The van der Waals surface area contributed by atoms with E-state index in [1.807, 2.05) is 12.1 Å². The standard InChI is InChI=1S/C11H12ClN3O/c1-6-5-15-10-7(4-13-6)8(12)2-3-9(10)14-11(15)16/h2-3,6,13H,4-5H2,1H3,(H,14,16). The second-order valence-electron chi connectivity index (χ2n) is 4.24. The molecule has 1 aliphatic rings. The van der Waals surface area contributed by atoms with Gasteiger partial charge in [0.1, 0.15) is 0 Å². The van der Waals surface area contributed by atoms with Crippen LogP contribution in [0.25, 0.3) is 11.0 Å². The van der Waals surface area contributed by atoms with Gasteiger partial charge in [0.25, 0.3) is 0 Å². The van der Waals surface area contributed by atoms with Crippen LogP contribution in [-0.2, 0) is 13.1 Å². The molecule has 0 spiro atoms. The highest BCUT2D eigenvalue weighted by atomic mass is 35.5. The fourth-order valence-electron chi connectivity index (χ4n) is 2.26. The van der Waals surface area contributed by atoms with Crippen LogP contribution < -0.4 is 11.0 Å². The van der Waals surface area contributed by atoms with Crippen LogP contribution in [0.2, 0.25) is 5.02 Å². The number of aromatic nitrogens is 2. The quantitative estimate of drug-likeness (QED) is 0.729. The van der Waals surface area contributed by atoms with Crippen molar-refractivity contribution in [3.63, 3.8) is 0 Å². The predicted octanol–water partition coefficient (Wildman–Crippen LogP) is 1.47. The third-order valence-electron chi connectivity index (χ3n) is 3.07. The Balaban J connectivity index is 2.43. The molecule has 0 saturated carbocycles. The summed E-state index contributed by atoms with van der Waals surface area (Å²) in [5, 5.41) is 4.06. The molecule has 84 valence electrons. The molecule has 2 heterocycles. The van der Waals surface area contributed by atoms with Crippen LogP contribution in [0.15, 0.2) is 16.9 Å². The van der Waals surface area contributed by atoms with Crippen molar-refractivity contribution < 1.29 is 0 Å². The minimum Gasteiger partial charge on any atom is -0.308 e. The van der Waals surface area contributed by atoms with Gasteiger partial charge in [-0.3, -0.25) is 4.57 Å². The maximum absolute atomic E-state index is 11.8. The van der Waals surface area contributed by atoms with Crippen molar-refractivity contribution in [2.75, 3.05) is 0 Å². The molecule has 2 aromatic rings. The summed E-state index contributed by atoms with van der Waals surface area (Å²) >= 11 is 6.17. The van der Waals surface area contributed by atoms with Gasteiger partial charge < -0.3 is 10.3 Å². The van der Waals surface area contributed by atoms with E-state index in [0.717, 1.165) is 16.6 Å². The molecule has 3 rings (SSSR count). The molecule has 16 heavy (non-hydrogen) atoms. The van der Waals surface area contributed by atoms with E-state index in [0.29, 0.717) is 18.1 Å². The van der Waals surface area contributed by atoms with Gasteiger partial charge in [-0.25, -0.2) is 4.79 Å². The van der Waals surface area contributed by atoms with E-state index in [-0.39, 0.29) is 11.7 Å². The van der Waals surface area contributed by atoms with E-state index in [1.54, 1.807) is 4.57 Å². The fraction of sp³-hybridized carbons (Fsp3) is 0.364. The lowest BCUT2D eigenvalue weighted by Crippen LogP contribution is -2.30. The fourth-order valence-corrected chi connectivity index (χ4v) is 2.48. The van der Waals surface area contributed by atoms with E-state index >= 15 is 0 Å². The Kier molecular flexibility index (Phi) is 2.09. The Labute approximate surface area is 97.2 Å². The number of aromatic amines is 1. The number of hydrogen-bond acceptors (Lipinski definition) is 2. The average molecular weight is 238 g/mol. The number of hydrogen-bond donors (Lipinski definition) is 2. The summed E-state index contributed by atoms with van der Waals surface area (Å²) in [4.78, 5) is 14.7. The van der Waals surface area contributed by atoms with E-state index in [4.69, 9.17) is 11.6 Å². The number of nitrogens with zero attached hydrogens (tertiary/aromatic N) is 1. The maximum atomic E-state index is 11.8. The molecule has 0 amide bonds. The summed E-state index contributed by atoms with van der Waals surface area (Å²) in [5.74, 6) is 0. The van der Waals surface area contributed by atoms with Crippen molar-refractivity contribution in [2.24, 2.45) is 0 Å². The van der Waals surface area contributed by atoms with Crippen LogP contribution in [0.5, 0.6) is 0 Å². The van der Waals surface area contributed by atoms with Gasteiger partial charge in [-0.2, -0.15) is 0 Å². The molecule has 1 aliphatic heterocycles. The van der Waals surface area contributed by atoms with Crippen LogP contribution in [-0.4, -0.2) is 15.6 Å². The first-order valence-corrected chi connectivity index (χ1v) is 5.68. The smallest absolute Gasteiger partial charge is 0.308 e. The van der Waals surface area contributed by atoms with Crippen LogP contribution >= 0.6 is 11.6 Å². The highest BCUT2D eigenvalue weighted by molar-refractivity contribution is 6.32. The van der Waals surface area contributed by atoms with Gasteiger partial charge in [0.05, 0.1) is 11.0 Å². The molecule has 1 aromatic heterocycles. The van der Waals surface area contributed by atoms with E-state index in [9.17, 15) is 4.79 Å². The lowest BCUT2D eigenvalue weighted by Gasteiger charge is -2.09. The number of imidazole rings is 1. The third-order valence-corrected chi connectivity index (χ3v) is 3.42. The van der Waals surface area contributed by atoms with Gasteiger partial charge in [-0.1, -0.05) is 11.6 Å². The zero-order valence-corrected chi connectivity index (χ0v) is 9.64. The van der Waals surface area contributed by atoms with Gasteiger partial charge >= 0.3 is 5.69 Å². The number of benzene rings is 1. The molecule has 1 unspecified atom stereocenters. The first-order chi connectivity index (χ1) is 7.66. The monoisotopic (exact) mass is 237 g/mol. The third kappa shape index (κ3) is 1.30. The van der Waals surface area contributed by atoms with Crippen molar-refractivity contribution in [1.82, 2.24) is 14.9 Å². The summed E-state index contributed by atoms with van der Waals surface area (Å²) in [6, 6.07) is 3.95. The predicted molar refractivity (Wildman–Crippen MR) is 63.9 cm³/mol. The van der Waals surface area contributed by atoms with Crippen molar-refractivity contribution in [1.29, 1.82) is 0 Å². The maximum Gasteiger partial charge on any atom is 0.326 e. The average Bonchev–Trinajstić information content (AvgIpc) is 2.46. The first kappa shape index (κ1) is 9.93. The summed E-state index contributed by atoms with van der Waals surface area (Å²) in [6.45, 7) is 3.44. The first-order valence-electron chi connectivity index (χ1n) is 5.30. The molecule has 5 heteroatoms. The van der Waals surface area contributed by atoms with Gasteiger partial charge in [0.2, 0.25) is 0 Å². The molecule has 1 aromatic carbocycles. The van der Waals surface area contributed by atoms with Gasteiger partial charge in [0.15, 0.2) is 0 Å². The molecule has 0 radical (unpaired) electrons. The molecule has 0 saturated heterocycles. The van der Waals surface area contributed by atoms with Crippen molar-refractivity contribution in [3.8, 4) is 0 Å². The number of rotatable bonds is 0. The highest BCUT2D eigenvalue weighted by Gasteiger charge is 2.19. The zero-order valence-electron chi connectivity index (χ0n) is 8.88.